The number of nitrogens with zero attached hydrogens (tertiary/aromatic N) is 1. The molecule has 1 aromatic rings. The molecule has 1 heterocycles. The first-order valence-corrected chi connectivity index (χ1v) is 7.16. The Kier molecular flexibility index (Phi) is 4.84. The van der Waals surface area contributed by atoms with Gasteiger partial charge in [0.15, 0.2) is 0 Å². The summed E-state index contributed by atoms with van der Waals surface area (Å²) in [6.07, 6.45) is 3.09. The molecule has 0 aliphatic carbocycles. The van der Waals surface area contributed by atoms with E-state index >= 15 is 0 Å². The maximum Gasteiger partial charge on any atom is 0.257 e. The van der Waals surface area contributed by atoms with Gasteiger partial charge in [-0.05, 0) is 37.9 Å². The van der Waals surface area contributed by atoms with E-state index in [1.165, 1.54) is 18.2 Å². The molecular weight excluding hydrogens is 256 g/mol. The molecule has 1 amide bonds. The quantitative estimate of drug-likeness (QED) is 0.766. The molecule has 1 aliphatic rings. The number of phenolic OH excluding ortho intramolecular Hbond substituents is 2. The van der Waals surface area contributed by atoms with Gasteiger partial charge in [0, 0.05) is 25.2 Å². The molecule has 5 heteroatoms. The minimum Gasteiger partial charge on any atom is -0.508 e. The van der Waals surface area contributed by atoms with Crippen molar-refractivity contribution in [2.75, 3.05) is 19.6 Å². The van der Waals surface area contributed by atoms with Gasteiger partial charge in [0.1, 0.15) is 11.5 Å². The first-order valence-electron chi connectivity index (χ1n) is 7.16. The van der Waals surface area contributed by atoms with E-state index in [1.807, 2.05) is 6.92 Å². The summed E-state index contributed by atoms with van der Waals surface area (Å²) in [5, 5.41) is 22.5. The Morgan fingerprint density at radius 1 is 1.45 bits per heavy atom. The lowest BCUT2D eigenvalue weighted by molar-refractivity contribution is 0.0739. The number of benzene rings is 1. The van der Waals surface area contributed by atoms with Gasteiger partial charge < -0.3 is 20.4 Å². The predicted molar refractivity (Wildman–Crippen MR) is 77.0 cm³/mol. The molecule has 0 radical (unpaired) electrons. The fraction of sp³-hybridized carbons (Fsp3) is 0.533. The van der Waals surface area contributed by atoms with Crippen molar-refractivity contribution in [3.63, 3.8) is 0 Å². The van der Waals surface area contributed by atoms with Crippen molar-refractivity contribution < 1.29 is 15.0 Å². The van der Waals surface area contributed by atoms with Crippen LogP contribution in [0.15, 0.2) is 18.2 Å². The first kappa shape index (κ1) is 14.7. The van der Waals surface area contributed by atoms with Crippen LogP contribution in [-0.4, -0.2) is 46.7 Å². The molecule has 1 saturated heterocycles. The average molecular weight is 278 g/mol. The van der Waals surface area contributed by atoms with Gasteiger partial charge in [-0.3, -0.25) is 4.79 Å². The van der Waals surface area contributed by atoms with Crippen LogP contribution < -0.4 is 5.32 Å². The van der Waals surface area contributed by atoms with Crippen molar-refractivity contribution in [3.05, 3.63) is 23.8 Å². The van der Waals surface area contributed by atoms with Gasteiger partial charge in [-0.1, -0.05) is 6.92 Å². The third-order valence-corrected chi connectivity index (χ3v) is 3.60. The zero-order valence-electron chi connectivity index (χ0n) is 11.8. The largest absolute Gasteiger partial charge is 0.508 e. The summed E-state index contributed by atoms with van der Waals surface area (Å²) in [7, 11) is 0. The molecule has 1 aliphatic heterocycles. The molecule has 5 nitrogen and oxygen atoms in total. The second kappa shape index (κ2) is 6.61. The van der Waals surface area contributed by atoms with Crippen LogP contribution in [0.2, 0.25) is 0 Å². The van der Waals surface area contributed by atoms with Gasteiger partial charge in [-0.2, -0.15) is 0 Å². The second-order valence-electron chi connectivity index (χ2n) is 5.25. The molecule has 1 aromatic carbocycles. The summed E-state index contributed by atoms with van der Waals surface area (Å²) >= 11 is 0. The number of amides is 1. The van der Waals surface area contributed by atoms with Crippen molar-refractivity contribution in [1.29, 1.82) is 0 Å². The smallest absolute Gasteiger partial charge is 0.257 e. The predicted octanol–water partition coefficient (Wildman–Crippen LogP) is 1.70. The van der Waals surface area contributed by atoms with Crippen LogP contribution in [-0.2, 0) is 0 Å². The summed E-state index contributed by atoms with van der Waals surface area (Å²) in [6, 6.07) is 4.43. The van der Waals surface area contributed by atoms with Crippen LogP contribution in [0.1, 0.15) is 36.5 Å². The molecule has 20 heavy (non-hydrogen) atoms. The van der Waals surface area contributed by atoms with E-state index in [2.05, 4.69) is 5.32 Å². The molecule has 0 saturated carbocycles. The topological polar surface area (TPSA) is 72.8 Å². The first-order chi connectivity index (χ1) is 9.61. The Labute approximate surface area is 119 Å². The molecular formula is C15H22N2O3. The normalized spacial score (nSPS) is 18.1. The molecule has 1 fully saturated rings. The van der Waals surface area contributed by atoms with Crippen molar-refractivity contribution in [2.24, 2.45) is 0 Å². The Morgan fingerprint density at radius 2 is 2.25 bits per heavy atom. The van der Waals surface area contributed by atoms with E-state index < -0.39 is 0 Å². The Balaban J connectivity index is 2.12. The van der Waals surface area contributed by atoms with Gasteiger partial charge in [-0.15, -0.1) is 0 Å². The maximum absolute atomic E-state index is 12.5. The van der Waals surface area contributed by atoms with E-state index in [4.69, 9.17) is 0 Å². The van der Waals surface area contributed by atoms with E-state index in [1.54, 1.807) is 4.90 Å². The standard InChI is InChI=1S/C15H22N2O3/c1-2-8-17(10-11-4-3-7-16-11)15(20)13-6-5-12(18)9-14(13)19/h5-6,9,11,16,18-19H,2-4,7-8,10H2,1H3. The molecule has 1 unspecified atom stereocenters. The Hall–Kier alpha value is -1.75. The van der Waals surface area contributed by atoms with Crippen LogP contribution in [0.25, 0.3) is 0 Å². The fourth-order valence-electron chi connectivity index (χ4n) is 2.60. The summed E-state index contributed by atoms with van der Waals surface area (Å²) in [6.45, 7) is 4.35. The van der Waals surface area contributed by atoms with E-state index in [9.17, 15) is 15.0 Å². The van der Waals surface area contributed by atoms with Crippen molar-refractivity contribution in [1.82, 2.24) is 10.2 Å². The zero-order chi connectivity index (χ0) is 14.5. The number of carbonyl (C=O) groups is 1. The van der Waals surface area contributed by atoms with Crippen LogP contribution in [0.5, 0.6) is 11.5 Å². The lowest BCUT2D eigenvalue weighted by atomic mass is 10.1. The molecule has 1 atom stereocenters. The Bertz CT molecular complexity index is 470. The fourth-order valence-corrected chi connectivity index (χ4v) is 2.60. The van der Waals surface area contributed by atoms with Gasteiger partial charge in [0.2, 0.25) is 0 Å². The molecule has 3 N–H and O–H groups in total. The monoisotopic (exact) mass is 278 g/mol. The molecule has 0 bridgehead atoms. The molecule has 2 rings (SSSR count). The third kappa shape index (κ3) is 3.42. The number of aromatic hydroxyl groups is 2. The van der Waals surface area contributed by atoms with Crippen LogP contribution >= 0.6 is 0 Å². The summed E-state index contributed by atoms with van der Waals surface area (Å²) < 4.78 is 0. The minimum absolute atomic E-state index is 0.0430. The molecule has 0 spiro atoms. The lowest BCUT2D eigenvalue weighted by Crippen LogP contribution is -2.41. The Morgan fingerprint density at radius 3 is 2.85 bits per heavy atom. The van der Waals surface area contributed by atoms with Crippen molar-refractivity contribution in [3.8, 4) is 11.5 Å². The summed E-state index contributed by atoms with van der Waals surface area (Å²) in [4.78, 5) is 14.3. The SMILES string of the molecule is CCCN(CC1CCCN1)C(=O)c1ccc(O)cc1O. The van der Waals surface area contributed by atoms with Crippen LogP contribution in [0, 0.1) is 0 Å². The highest BCUT2D eigenvalue weighted by Gasteiger charge is 2.23. The number of rotatable bonds is 5. The van der Waals surface area contributed by atoms with Gasteiger partial charge in [0.25, 0.3) is 5.91 Å². The van der Waals surface area contributed by atoms with E-state index in [-0.39, 0.29) is 23.0 Å². The minimum atomic E-state index is -0.182. The number of hydrogen-bond acceptors (Lipinski definition) is 4. The molecule has 0 aromatic heterocycles. The van der Waals surface area contributed by atoms with Gasteiger partial charge in [-0.25, -0.2) is 0 Å². The highest BCUT2D eigenvalue weighted by Crippen LogP contribution is 2.24. The van der Waals surface area contributed by atoms with Crippen LogP contribution in [0.3, 0.4) is 0 Å². The van der Waals surface area contributed by atoms with E-state index in [0.29, 0.717) is 19.1 Å². The van der Waals surface area contributed by atoms with Crippen molar-refractivity contribution >= 4 is 5.91 Å². The number of nitrogens with one attached hydrogen (secondary N) is 1. The van der Waals surface area contributed by atoms with Crippen LogP contribution in [0.4, 0.5) is 0 Å². The summed E-state index contributed by atoms with van der Waals surface area (Å²) in [5.74, 6) is -0.396. The number of hydrogen-bond donors (Lipinski definition) is 3. The third-order valence-electron chi connectivity index (χ3n) is 3.60. The van der Waals surface area contributed by atoms with Gasteiger partial charge >= 0.3 is 0 Å². The van der Waals surface area contributed by atoms with Gasteiger partial charge in [0.05, 0.1) is 5.56 Å². The van der Waals surface area contributed by atoms with E-state index in [0.717, 1.165) is 25.8 Å². The zero-order valence-corrected chi connectivity index (χ0v) is 11.8. The lowest BCUT2D eigenvalue weighted by Gasteiger charge is -2.26. The number of carbonyl (C=O) groups excluding carboxylic acids is 1. The maximum atomic E-state index is 12.5. The molecule has 110 valence electrons. The second-order valence-corrected chi connectivity index (χ2v) is 5.25. The number of phenols is 2. The summed E-state index contributed by atoms with van der Waals surface area (Å²) in [5.41, 5.74) is 0.245. The van der Waals surface area contributed by atoms with Crippen molar-refractivity contribution in [2.45, 2.75) is 32.2 Å². The highest BCUT2D eigenvalue weighted by atomic mass is 16.3. The highest BCUT2D eigenvalue weighted by molar-refractivity contribution is 5.97. The average Bonchev–Trinajstić information content (AvgIpc) is 2.90.